The molecule has 1 aliphatic carbocycles. The second kappa shape index (κ2) is 7.42. The van der Waals surface area contributed by atoms with Crippen LogP contribution in [0.4, 0.5) is 0 Å². The van der Waals surface area contributed by atoms with Crippen molar-refractivity contribution in [2.45, 2.75) is 45.3 Å². The fraction of sp³-hybridized carbons (Fsp3) is 0.571. The van der Waals surface area contributed by atoms with Gasteiger partial charge in [-0.1, -0.05) is 0 Å². The van der Waals surface area contributed by atoms with E-state index in [4.69, 9.17) is 9.84 Å². The number of methoxy groups -OCH3 is 1. The number of aromatic nitrogens is 4. The molecule has 1 fully saturated rings. The third-order valence-corrected chi connectivity index (χ3v) is 6.25. The Hall–Kier alpha value is -2.45. The lowest BCUT2D eigenvalue weighted by molar-refractivity contribution is 0.0866. The van der Waals surface area contributed by atoms with E-state index in [-0.39, 0.29) is 0 Å². The van der Waals surface area contributed by atoms with Gasteiger partial charge in [0, 0.05) is 44.4 Å². The summed E-state index contributed by atoms with van der Waals surface area (Å²) in [6, 6.07) is 4.97. The van der Waals surface area contributed by atoms with Gasteiger partial charge in [0.15, 0.2) is 0 Å². The standard InChI is InChI=1S/C21H29N7O/c1-14(2)28-21-16-13-27(15-6-8-26(9-7-15)10-11-29-3)24-17(16)4-5-18-20(21)19(25-28)12-22-23-18/h4-5,12,14-15,25H,6-11,13H2,1-3H3. The van der Waals surface area contributed by atoms with Crippen molar-refractivity contribution in [1.29, 1.82) is 0 Å². The molecule has 0 saturated carbocycles. The van der Waals surface area contributed by atoms with Crippen molar-refractivity contribution >= 4 is 11.0 Å². The Morgan fingerprint density at radius 3 is 2.83 bits per heavy atom. The van der Waals surface area contributed by atoms with Gasteiger partial charge in [0.1, 0.15) is 0 Å². The quantitative estimate of drug-likeness (QED) is 0.717. The van der Waals surface area contributed by atoms with Crippen LogP contribution >= 0.6 is 0 Å². The third kappa shape index (κ3) is 3.20. The summed E-state index contributed by atoms with van der Waals surface area (Å²) in [6.07, 6.45) is 4.11. The van der Waals surface area contributed by atoms with Crippen LogP contribution in [0, 0.1) is 0 Å². The summed E-state index contributed by atoms with van der Waals surface area (Å²) >= 11 is 0. The number of hydrogen-bond donors (Lipinski definition) is 1. The lowest BCUT2D eigenvalue weighted by atomic mass is 10.0. The Kier molecular flexibility index (Phi) is 4.75. The third-order valence-electron chi connectivity index (χ3n) is 6.25. The lowest BCUT2D eigenvalue weighted by Crippen LogP contribution is -2.43. The summed E-state index contributed by atoms with van der Waals surface area (Å²) in [5.74, 6) is 0. The number of rotatable bonds is 5. The SMILES string of the molecule is COCCN1CCC(N2Cc3c4n(C(C)C)[nH]c5cnnc(ccc3=N2)c5-4)CC1. The maximum atomic E-state index is 5.23. The van der Waals surface area contributed by atoms with Gasteiger partial charge in [-0.25, -0.2) is 0 Å². The average molecular weight is 396 g/mol. The molecule has 0 aromatic carbocycles. The molecule has 1 aromatic rings. The number of piperidine rings is 1. The number of H-pyrrole nitrogens is 1. The zero-order valence-electron chi connectivity index (χ0n) is 17.4. The molecule has 4 aliphatic rings. The van der Waals surface area contributed by atoms with Gasteiger partial charge >= 0.3 is 0 Å². The highest BCUT2D eigenvalue weighted by Gasteiger charge is 2.30. The molecular formula is C21H29N7O. The Bertz CT molecular complexity index is 1040. The summed E-state index contributed by atoms with van der Waals surface area (Å²) in [6.45, 7) is 9.30. The van der Waals surface area contributed by atoms with E-state index in [1.165, 1.54) is 11.3 Å². The maximum absolute atomic E-state index is 5.23. The Balaban J connectivity index is 1.47. The minimum atomic E-state index is 0.315. The molecule has 29 heavy (non-hydrogen) atoms. The normalized spacial score (nSPS) is 18.1. The van der Waals surface area contributed by atoms with Crippen LogP contribution in [0.15, 0.2) is 23.4 Å². The highest BCUT2D eigenvalue weighted by atomic mass is 16.5. The molecule has 8 nitrogen and oxygen atoms in total. The first-order chi connectivity index (χ1) is 14.2. The Morgan fingerprint density at radius 2 is 2.07 bits per heavy atom. The Labute approximate surface area is 170 Å². The monoisotopic (exact) mass is 395 g/mol. The highest BCUT2D eigenvalue weighted by Crippen LogP contribution is 2.35. The number of hydrogen-bond acceptors (Lipinski definition) is 6. The van der Waals surface area contributed by atoms with E-state index < -0.39 is 0 Å². The second-order valence-electron chi connectivity index (χ2n) is 8.40. The summed E-state index contributed by atoms with van der Waals surface area (Å²) in [4.78, 5) is 2.49. The minimum Gasteiger partial charge on any atom is -0.383 e. The van der Waals surface area contributed by atoms with E-state index in [2.05, 4.69) is 55.9 Å². The van der Waals surface area contributed by atoms with Crippen molar-refractivity contribution in [3.63, 3.8) is 0 Å². The molecule has 3 aliphatic heterocycles. The zero-order chi connectivity index (χ0) is 20.0. The van der Waals surface area contributed by atoms with Crippen LogP contribution in [0.2, 0.25) is 0 Å². The number of ether oxygens (including phenoxy) is 1. The van der Waals surface area contributed by atoms with Crippen LogP contribution in [-0.2, 0) is 11.3 Å². The molecule has 0 unspecified atom stereocenters. The Morgan fingerprint density at radius 1 is 1.24 bits per heavy atom. The first kappa shape index (κ1) is 18.6. The molecule has 1 N–H and O–H groups in total. The van der Waals surface area contributed by atoms with Gasteiger partial charge in [-0.05, 0) is 38.8 Å². The smallest absolute Gasteiger partial charge is 0.0973 e. The largest absolute Gasteiger partial charge is 0.383 e. The maximum Gasteiger partial charge on any atom is 0.0973 e. The highest BCUT2D eigenvalue weighted by molar-refractivity contribution is 5.92. The van der Waals surface area contributed by atoms with E-state index in [0.717, 1.165) is 67.6 Å². The van der Waals surface area contributed by atoms with Gasteiger partial charge in [-0.2, -0.15) is 15.3 Å². The van der Waals surface area contributed by atoms with Crippen LogP contribution in [0.25, 0.3) is 22.3 Å². The molecule has 0 amide bonds. The van der Waals surface area contributed by atoms with E-state index in [1.54, 1.807) is 7.11 Å². The van der Waals surface area contributed by atoms with Crippen LogP contribution in [-0.4, -0.2) is 69.3 Å². The molecular weight excluding hydrogens is 366 g/mol. The first-order valence-corrected chi connectivity index (χ1v) is 10.6. The summed E-state index contributed by atoms with van der Waals surface area (Å²) < 4.78 is 7.47. The average Bonchev–Trinajstić information content (AvgIpc) is 3.29. The summed E-state index contributed by atoms with van der Waals surface area (Å²) in [5.41, 5.74) is 5.59. The summed E-state index contributed by atoms with van der Waals surface area (Å²) in [5, 5.41) is 20.5. The number of likely N-dealkylation sites (tertiary alicyclic amines) is 1. The van der Waals surface area contributed by atoms with Gasteiger partial charge in [-0.3, -0.25) is 14.8 Å². The van der Waals surface area contributed by atoms with E-state index in [9.17, 15) is 0 Å². The van der Waals surface area contributed by atoms with E-state index >= 15 is 0 Å². The van der Waals surface area contributed by atoms with Crippen LogP contribution in [0.5, 0.6) is 0 Å². The lowest BCUT2D eigenvalue weighted by Gasteiger charge is -2.35. The molecule has 1 saturated heterocycles. The van der Waals surface area contributed by atoms with Gasteiger partial charge in [-0.15, -0.1) is 0 Å². The fourth-order valence-corrected chi connectivity index (χ4v) is 4.68. The van der Waals surface area contributed by atoms with Crippen molar-refractivity contribution in [3.8, 4) is 11.3 Å². The summed E-state index contributed by atoms with van der Waals surface area (Å²) in [7, 11) is 1.77. The second-order valence-corrected chi connectivity index (χ2v) is 8.40. The zero-order valence-corrected chi connectivity index (χ0v) is 17.4. The number of nitrogens with one attached hydrogen (secondary N) is 1. The molecule has 0 radical (unpaired) electrons. The molecule has 5 rings (SSSR count). The molecule has 8 heteroatoms. The predicted molar refractivity (Wildman–Crippen MR) is 111 cm³/mol. The topological polar surface area (TPSA) is 74.6 Å². The molecule has 4 heterocycles. The van der Waals surface area contributed by atoms with Gasteiger partial charge in [0.05, 0.1) is 47.0 Å². The van der Waals surface area contributed by atoms with Crippen LogP contribution < -0.4 is 5.36 Å². The first-order valence-electron chi connectivity index (χ1n) is 10.6. The van der Waals surface area contributed by atoms with E-state index in [1.807, 2.05) is 6.20 Å². The van der Waals surface area contributed by atoms with Crippen molar-refractivity contribution in [2.75, 3.05) is 33.4 Å². The number of nitrogens with zero attached hydrogens (tertiary/aromatic N) is 6. The molecule has 1 aromatic heterocycles. The van der Waals surface area contributed by atoms with Gasteiger partial charge in [0.25, 0.3) is 0 Å². The van der Waals surface area contributed by atoms with Gasteiger partial charge < -0.3 is 9.64 Å². The molecule has 154 valence electrons. The van der Waals surface area contributed by atoms with Crippen molar-refractivity contribution in [1.82, 2.24) is 29.9 Å². The number of aromatic amines is 1. The van der Waals surface area contributed by atoms with Crippen molar-refractivity contribution < 1.29 is 4.74 Å². The van der Waals surface area contributed by atoms with Crippen molar-refractivity contribution in [3.05, 3.63) is 29.3 Å². The minimum absolute atomic E-state index is 0.315. The van der Waals surface area contributed by atoms with Crippen molar-refractivity contribution in [2.24, 2.45) is 5.10 Å². The van der Waals surface area contributed by atoms with Crippen LogP contribution in [0.3, 0.4) is 0 Å². The van der Waals surface area contributed by atoms with Gasteiger partial charge in [0.2, 0.25) is 0 Å². The van der Waals surface area contributed by atoms with E-state index in [0.29, 0.717) is 12.1 Å². The predicted octanol–water partition coefficient (Wildman–Crippen LogP) is 2.19. The van der Waals surface area contributed by atoms with Crippen LogP contribution in [0.1, 0.15) is 38.3 Å². The number of fused-ring (bicyclic) bond motifs is 2. The molecule has 0 spiro atoms. The molecule has 0 bridgehead atoms. The molecule has 0 atom stereocenters. The fourth-order valence-electron chi connectivity index (χ4n) is 4.68.